The molecular formula is C16H22N4S. The lowest BCUT2D eigenvalue weighted by molar-refractivity contribution is 0.319. The van der Waals surface area contributed by atoms with Gasteiger partial charge in [-0.25, -0.2) is 9.97 Å². The van der Waals surface area contributed by atoms with E-state index in [1.165, 1.54) is 33.5 Å². The van der Waals surface area contributed by atoms with E-state index in [1.807, 2.05) is 11.3 Å². The van der Waals surface area contributed by atoms with Crippen LogP contribution in [0.5, 0.6) is 0 Å². The Labute approximate surface area is 129 Å². The lowest BCUT2D eigenvalue weighted by Crippen LogP contribution is -2.26. The topological polar surface area (TPSA) is 55.0 Å². The summed E-state index contributed by atoms with van der Waals surface area (Å²) in [5.74, 6) is 1.10. The molecule has 3 heterocycles. The molecule has 2 aromatic rings. The third kappa shape index (κ3) is 2.23. The molecule has 0 spiro atoms. The number of fused-ring (bicyclic) bond motifs is 3. The Balaban J connectivity index is 1.83. The van der Waals surface area contributed by atoms with Crippen molar-refractivity contribution >= 4 is 27.4 Å². The van der Waals surface area contributed by atoms with E-state index in [2.05, 4.69) is 28.7 Å². The van der Waals surface area contributed by atoms with Crippen LogP contribution < -0.4 is 10.6 Å². The largest absolute Gasteiger partial charge is 0.354 e. The lowest BCUT2D eigenvalue weighted by Gasteiger charge is -2.29. The Morgan fingerprint density at radius 3 is 3.00 bits per heavy atom. The SMILES string of the molecule is CC1(C)CCc2sc3c(N4CC[C@@H](N)C4)ncnc3c2C1. The monoisotopic (exact) mass is 302 g/mol. The fourth-order valence-corrected chi connectivity index (χ4v) is 4.89. The summed E-state index contributed by atoms with van der Waals surface area (Å²) >= 11 is 1.91. The van der Waals surface area contributed by atoms with Gasteiger partial charge < -0.3 is 10.6 Å². The highest BCUT2D eigenvalue weighted by Gasteiger charge is 2.31. The summed E-state index contributed by atoms with van der Waals surface area (Å²) in [7, 11) is 0. The van der Waals surface area contributed by atoms with Crippen LogP contribution in [0.2, 0.25) is 0 Å². The molecule has 2 aliphatic rings. The second-order valence-electron chi connectivity index (χ2n) is 7.21. The number of nitrogens with zero attached hydrogens (tertiary/aromatic N) is 3. The van der Waals surface area contributed by atoms with Crippen molar-refractivity contribution in [2.24, 2.45) is 11.1 Å². The fraction of sp³-hybridized carbons (Fsp3) is 0.625. The number of aromatic nitrogens is 2. The molecule has 1 fully saturated rings. The van der Waals surface area contributed by atoms with Crippen LogP contribution in [0, 0.1) is 5.41 Å². The molecule has 0 aromatic carbocycles. The van der Waals surface area contributed by atoms with Gasteiger partial charge >= 0.3 is 0 Å². The van der Waals surface area contributed by atoms with Gasteiger partial charge in [-0.2, -0.15) is 0 Å². The number of rotatable bonds is 1. The third-order valence-electron chi connectivity index (χ3n) is 4.84. The van der Waals surface area contributed by atoms with E-state index in [0.717, 1.165) is 31.7 Å². The zero-order chi connectivity index (χ0) is 14.6. The smallest absolute Gasteiger partial charge is 0.150 e. The van der Waals surface area contributed by atoms with Crippen molar-refractivity contribution in [1.82, 2.24) is 9.97 Å². The van der Waals surface area contributed by atoms with Gasteiger partial charge in [-0.15, -0.1) is 11.3 Å². The van der Waals surface area contributed by atoms with Gasteiger partial charge in [-0.05, 0) is 36.7 Å². The number of anilines is 1. The molecular weight excluding hydrogens is 280 g/mol. The van der Waals surface area contributed by atoms with Gasteiger partial charge in [0.05, 0.1) is 10.2 Å². The summed E-state index contributed by atoms with van der Waals surface area (Å²) in [6, 6.07) is 0.281. The van der Waals surface area contributed by atoms with Crippen LogP contribution >= 0.6 is 11.3 Å². The molecule has 0 saturated carbocycles. The van der Waals surface area contributed by atoms with E-state index >= 15 is 0 Å². The molecule has 4 nitrogen and oxygen atoms in total. The van der Waals surface area contributed by atoms with Crippen LogP contribution in [0.1, 0.15) is 37.1 Å². The fourth-order valence-electron chi connectivity index (χ4n) is 3.60. The Morgan fingerprint density at radius 2 is 2.24 bits per heavy atom. The second kappa shape index (κ2) is 4.65. The van der Waals surface area contributed by atoms with Gasteiger partial charge in [0.1, 0.15) is 12.1 Å². The quantitative estimate of drug-likeness (QED) is 0.880. The van der Waals surface area contributed by atoms with Crippen molar-refractivity contribution in [1.29, 1.82) is 0 Å². The first-order valence-corrected chi connectivity index (χ1v) is 8.61. The lowest BCUT2D eigenvalue weighted by atomic mass is 9.77. The van der Waals surface area contributed by atoms with Crippen molar-refractivity contribution in [2.45, 2.75) is 45.6 Å². The van der Waals surface area contributed by atoms with Crippen LogP contribution in [-0.2, 0) is 12.8 Å². The van der Waals surface area contributed by atoms with Crippen LogP contribution in [-0.4, -0.2) is 29.1 Å². The Bertz CT molecular complexity index is 691. The maximum Gasteiger partial charge on any atom is 0.150 e. The zero-order valence-corrected chi connectivity index (χ0v) is 13.5. The number of thiophene rings is 1. The maximum atomic E-state index is 6.06. The standard InChI is InChI=1S/C16H22N4S/c1-16(2)5-3-12-11(7-16)13-14(21-12)15(19-9-18-13)20-6-4-10(17)8-20/h9-10H,3-8,17H2,1-2H3/t10-/m1/s1. The third-order valence-corrected chi connectivity index (χ3v) is 6.12. The van der Waals surface area contributed by atoms with Gasteiger partial charge in [-0.1, -0.05) is 13.8 Å². The van der Waals surface area contributed by atoms with E-state index in [-0.39, 0.29) is 6.04 Å². The Hall–Kier alpha value is -1.20. The van der Waals surface area contributed by atoms with E-state index in [4.69, 9.17) is 5.73 Å². The molecule has 0 radical (unpaired) electrons. The molecule has 1 aliphatic heterocycles. The molecule has 0 bridgehead atoms. The Kier molecular flexibility index (Phi) is 2.98. The molecule has 1 aliphatic carbocycles. The predicted molar refractivity (Wildman–Crippen MR) is 88.0 cm³/mol. The van der Waals surface area contributed by atoms with Gasteiger partial charge in [0, 0.05) is 24.0 Å². The molecule has 0 unspecified atom stereocenters. The Morgan fingerprint density at radius 1 is 1.38 bits per heavy atom. The summed E-state index contributed by atoms with van der Waals surface area (Å²) in [5.41, 5.74) is 9.11. The van der Waals surface area contributed by atoms with Crippen molar-refractivity contribution in [2.75, 3.05) is 18.0 Å². The average Bonchev–Trinajstić information content (AvgIpc) is 3.01. The van der Waals surface area contributed by atoms with Crippen LogP contribution in [0.4, 0.5) is 5.82 Å². The van der Waals surface area contributed by atoms with Crippen molar-refractivity contribution in [3.8, 4) is 0 Å². The first-order chi connectivity index (χ1) is 10.0. The highest BCUT2D eigenvalue weighted by molar-refractivity contribution is 7.19. The molecule has 21 heavy (non-hydrogen) atoms. The second-order valence-corrected chi connectivity index (χ2v) is 8.32. The minimum atomic E-state index is 0.281. The van der Waals surface area contributed by atoms with Gasteiger partial charge in [0.2, 0.25) is 0 Å². The van der Waals surface area contributed by atoms with Crippen molar-refractivity contribution in [3.05, 3.63) is 16.8 Å². The molecule has 112 valence electrons. The van der Waals surface area contributed by atoms with Crippen molar-refractivity contribution in [3.63, 3.8) is 0 Å². The van der Waals surface area contributed by atoms with Crippen LogP contribution in [0.3, 0.4) is 0 Å². The predicted octanol–water partition coefficient (Wildman–Crippen LogP) is 2.74. The summed E-state index contributed by atoms with van der Waals surface area (Å²) < 4.78 is 1.27. The molecule has 2 aromatic heterocycles. The van der Waals surface area contributed by atoms with E-state index in [9.17, 15) is 0 Å². The average molecular weight is 302 g/mol. The number of hydrogen-bond acceptors (Lipinski definition) is 5. The van der Waals surface area contributed by atoms with E-state index in [0.29, 0.717) is 5.41 Å². The van der Waals surface area contributed by atoms with Crippen LogP contribution in [0.15, 0.2) is 6.33 Å². The summed E-state index contributed by atoms with van der Waals surface area (Å²) in [6.45, 7) is 6.66. The normalized spacial score (nSPS) is 24.5. The molecule has 5 heteroatoms. The van der Waals surface area contributed by atoms with Gasteiger partial charge in [-0.3, -0.25) is 0 Å². The summed E-state index contributed by atoms with van der Waals surface area (Å²) in [6.07, 6.45) is 6.38. The number of aryl methyl sites for hydroxylation is 1. The van der Waals surface area contributed by atoms with Gasteiger partial charge in [0.25, 0.3) is 0 Å². The molecule has 0 amide bonds. The molecule has 1 saturated heterocycles. The van der Waals surface area contributed by atoms with Crippen LogP contribution in [0.25, 0.3) is 10.2 Å². The van der Waals surface area contributed by atoms with E-state index < -0.39 is 0 Å². The highest BCUT2D eigenvalue weighted by Crippen LogP contribution is 2.44. The minimum Gasteiger partial charge on any atom is -0.354 e. The number of nitrogens with two attached hydrogens (primary N) is 1. The molecule has 2 N–H and O–H groups in total. The number of hydrogen-bond donors (Lipinski definition) is 1. The first kappa shape index (κ1) is 13.5. The zero-order valence-electron chi connectivity index (χ0n) is 12.7. The van der Waals surface area contributed by atoms with Gasteiger partial charge in [0.15, 0.2) is 0 Å². The minimum absolute atomic E-state index is 0.281. The molecule has 4 rings (SSSR count). The first-order valence-electron chi connectivity index (χ1n) is 7.79. The van der Waals surface area contributed by atoms with Crippen molar-refractivity contribution < 1.29 is 0 Å². The summed E-state index contributed by atoms with van der Waals surface area (Å²) in [4.78, 5) is 13.0. The highest BCUT2D eigenvalue weighted by atomic mass is 32.1. The van der Waals surface area contributed by atoms with E-state index in [1.54, 1.807) is 6.33 Å². The maximum absolute atomic E-state index is 6.06. The summed E-state index contributed by atoms with van der Waals surface area (Å²) in [5, 5.41) is 0. The molecule has 1 atom stereocenters.